The van der Waals surface area contributed by atoms with E-state index in [1.807, 2.05) is 43.3 Å². The van der Waals surface area contributed by atoms with E-state index in [9.17, 15) is 13.2 Å². The Bertz CT molecular complexity index is 1190. The first kappa shape index (κ1) is 25.2. The van der Waals surface area contributed by atoms with Crippen LogP contribution in [0.2, 0.25) is 0 Å². The van der Waals surface area contributed by atoms with Crippen LogP contribution in [0.25, 0.3) is 6.08 Å². The summed E-state index contributed by atoms with van der Waals surface area (Å²) in [6, 6.07) is 17.4. The second-order valence-electron chi connectivity index (χ2n) is 7.80. The molecule has 2 N–H and O–H groups in total. The van der Waals surface area contributed by atoms with Crippen molar-refractivity contribution in [1.82, 2.24) is 14.9 Å². The van der Waals surface area contributed by atoms with Crippen molar-refractivity contribution in [2.45, 2.75) is 17.5 Å². The Hall–Kier alpha value is -3.40. The highest BCUT2D eigenvalue weighted by Crippen LogP contribution is 2.20. The van der Waals surface area contributed by atoms with E-state index in [1.165, 1.54) is 24.5 Å². The van der Waals surface area contributed by atoms with E-state index >= 15 is 0 Å². The number of sulfonamides is 1. The molecule has 0 aliphatic carbocycles. The van der Waals surface area contributed by atoms with Gasteiger partial charge in [0.05, 0.1) is 30.9 Å². The summed E-state index contributed by atoms with van der Waals surface area (Å²) in [6.07, 6.45) is 4.56. The lowest BCUT2D eigenvalue weighted by Crippen LogP contribution is -2.33. The first-order chi connectivity index (χ1) is 16.3. The topological polar surface area (TPSA) is 101 Å². The molecule has 0 saturated heterocycles. The Morgan fingerprint density at radius 1 is 1.09 bits per heavy atom. The number of methoxy groups -OCH3 is 1. The van der Waals surface area contributed by atoms with Crippen molar-refractivity contribution in [1.29, 1.82) is 0 Å². The molecule has 9 heteroatoms. The number of amides is 1. The summed E-state index contributed by atoms with van der Waals surface area (Å²) in [5, 5.41) is 2.91. The van der Waals surface area contributed by atoms with Crippen molar-refractivity contribution in [2.75, 3.05) is 27.7 Å². The molecule has 3 rings (SSSR count). The van der Waals surface area contributed by atoms with Gasteiger partial charge in [-0.25, -0.2) is 13.1 Å². The Morgan fingerprint density at radius 3 is 2.38 bits per heavy atom. The molecule has 0 saturated carbocycles. The van der Waals surface area contributed by atoms with Crippen LogP contribution < -0.4 is 14.8 Å². The number of rotatable bonds is 11. The van der Waals surface area contributed by atoms with Crippen LogP contribution in [0, 0.1) is 0 Å². The van der Waals surface area contributed by atoms with Gasteiger partial charge in [0.1, 0.15) is 11.5 Å². The SMILES string of the molecule is COc1ccc(C(CNC(=O)/C=C/c2ccc(S(=O)(=O)NCc3ccco3)cc2)N(C)C)cc1. The fraction of sp³-hybridized carbons (Fsp3) is 0.240. The zero-order chi connectivity index (χ0) is 24.6. The van der Waals surface area contributed by atoms with Crippen molar-refractivity contribution in [2.24, 2.45) is 0 Å². The average molecular weight is 484 g/mol. The third kappa shape index (κ3) is 7.05. The van der Waals surface area contributed by atoms with Gasteiger partial charge in [-0.3, -0.25) is 4.79 Å². The summed E-state index contributed by atoms with van der Waals surface area (Å²) in [6.45, 7) is 0.503. The maximum absolute atomic E-state index is 12.4. The number of carbonyl (C=O) groups is 1. The normalized spacial score (nSPS) is 12.7. The van der Waals surface area contributed by atoms with Crippen LogP contribution in [-0.2, 0) is 21.4 Å². The predicted molar refractivity (Wildman–Crippen MR) is 131 cm³/mol. The van der Waals surface area contributed by atoms with Crippen LogP contribution in [0.15, 0.2) is 82.3 Å². The first-order valence-corrected chi connectivity index (χ1v) is 12.2. The van der Waals surface area contributed by atoms with Crippen LogP contribution in [-0.4, -0.2) is 47.0 Å². The Balaban J connectivity index is 1.55. The molecule has 2 aromatic carbocycles. The van der Waals surface area contributed by atoms with Crippen LogP contribution in [0.3, 0.4) is 0 Å². The van der Waals surface area contributed by atoms with E-state index in [-0.39, 0.29) is 23.4 Å². The highest BCUT2D eigenvalue weighted by Gasteiger charge is 2.15. The van der Waals surface area contributed by atoms with Crippen LogP contribution in [0.4, 0.5) is 0 Å². The van der Waals surface area contributed by atoms with Crippen LogP contribution >= 0.6 is 0 Å². The number of hydrogen-bond donors (Lipinski definition) is 2. The third-order valence-corrected chi connectivity index (χ3v) is 6.64. The van der Waals surface area contributed by atoms with Gasteiger partial charge in [0, 0.05) is 12.6 Å². The van der Waals surface area contributed by atoms with Crippen molar-refractivity contribution in [3.8, 4) is 5.75 Å². The predicted octanol–water partition coefficient (Wildman–Crippen LogP) is 3.20. The number of hydrogen-bond acceptors (Lipinski definition) is 6. The first-order valence-electron chi connectivity index (χ1n) is 10.7. The lowest BCUT2D eigenvalue weighted by atomic mass is 10.1. The fourth-order valence-electron chi connectivity index (χ4n) is 3.27. The van der Waals surface area contributed by atoms with Gasteiger partial charge in [-0.05, 0) is 67.7 Å². The summed E-state index contributed by atoms with van der Waals surface area (Å²) in [5.41, 5.74) is 1.77. The molecule has 1 heterocycles. The number of nitrogens with zero attached hydrogens (tertiary/aromatic N) is 1. The van der Waals surface area contributed by atoms with Crippen LogP contribution in [0.1, 0.15) is 22.9 Å². The van der Waals surface area contributed by atoms with Gasteiger partial charge in [0.25, 0.3) is 0 Å². The second-order valence-corrected chi connectivity index (χ2v) is 9.57. The Labute approximate surface area is 200 Å². The summed E-state index contributed by atoms with van der Waals surface area (Å²) >= 11 is 0. The van der Waals surface area contributed by atoms with Gasteiger partial charge in [-0.2, -0.15) is 0 Å². The van der Waals surface area contributed by atoms with Gasteiger partial charge in [0.2, 0.25) is 15.9 Å². The average Bonchev–Trinajstić information content (AvgIpc) is 3.36. The number of nitrogens with one attached hydrogen (secondary N) is 2. The largest absolute Gasteiger partial charge is 0.497 e. The number of furan rings is 1. The minimum Gasteiger partial charge on any atom is -0.497 e. The van der Waals surface area contributed by atoms with E-state index in [1.54, 1.807) is 37.5 Å². The van der Waals surface area contributed by atoms with E-state index in [0.29, 0.717) is 17.9 Å². The number of likely N-dealkylation sites (N-methyl/N-ethyl adjacent to an activating group) is 1. The molecule has 1 atom stereocenters. The smallest absolute Gasteiger partial charge is 0.244 e. The second kappa shape index (κ2) is 11.6. The molecule has 0 fully saturated rings. The molecular formula is C25H29N3O5S. The zero-order valence-electron chi connectivity index (χ0n) is 19.4. The van der Waals surface area contributed by atoms with Crippen molar-refractivity contribution >= 4 is 22.0 Å². The van der Waals surface area contributed by atoms with Crippen molar-refractivity contribution < 1.29 is 22.4 Å². The Morgan fingerprint density at radius 2 is 1.79 bits per heavy atom. The standard InChI is InChI=1S/C25H29N3O5S/c1-28(2)24(20-9-11-21(32-3)12-10-20)18-26-25(29)15-8-19-6-13-23(14-7-19)34(30,31)27-17-22-5-4-16-33-22/h4-16,24,27H,17-18H2,1-3H3,(H,26,29)/b15-8+. The molecule has 0 aliphatic rings. The minimum absolute atomic E-state index is 0.00132. The number of carbonyl (C=O) groups excluding carboxylic acids is 1. The molecule has 8 nitrogen and oxygen atoms in total. The lowest BCUT2D eigenvalue weighted by Gasteiger charge is -2.25. The molecular weight excluding hydrogens is 454 g/mol. The highest BCUT2D eigenvalue weighted by atomic mass is 32.2. The maximum Gasteiger partial charge on any atom is 0.244 e. The minimum atomic E-state index is -3.67. The molecule has 180 valence electrons. The van der Waals surface area contributed by atoms with Gasteiger partial charge in [-0.15, -0.1) is 0 Å². The number of benzene rings is 2. The monoisotopic (exact) mass is 483 g/mol. The summed E-state index contributed by atoms with van der Waals surface area (Å²) in [7, 11) is 1.86. The molecule has 0 aliphatic heterocycles. The fourth-order valence-corrected chi connectivity index (χ4v) is 4.27. The van der Waals surface area contributed by atoms with E-state index in [2.05, 4.69) is 10.0 Å². The molecule has 1 aromatic heterocycles. The number of ether oxygens (including phenoxy) is 1. The molecule has 0 spiro atoms. The summed E-state index contributed by atoms with van der Waals surface area (Å²) in [4.78, 5) is 14.5. The quantitative estimate of drug-likeness (QED) is 0.406. The highest BCUT2D eigenvalue weighted by molar-refractivity contribution is 7.89. The molecule has 3 aromatic rings. The molecule has 0 bridgehead atoms. The molecule has 1 unspecified atom stereocenters. The van der Waals surface area contributed by atoms with E-state index < -0.39 is 10.0 Å². The molecule has 34 heavy (non-hydrogen) atoms. The van der Waals surface area contributed by atoms with Gasteiger partial charge in [-0.1, -0.05) is 24.3 Å². The van der Waals surface area contributed by atoms with Gasteiger partial charge in [0.15, 0.2) is 0 Å². The van der Waals surface area contributed by atoms with Gasteiger partial charge >= 0.3 is 0 Å². The van der Waals surface area contributed by atoms with Crippen molar-refractivity contribution in [3.05, 3.63) is 89.9 Å². The maximum atomic E-state index is 12.4. The van der Waals surface area contributed by atoms with Crippen LogP contribution in [0.5, 0.6) is 5.75 Å². The zero-order valence-corrected chi connectivity index (χ0v) is 20.2. The third-order valence-electron chi connectivity index (χ3n) is 5.23. The van der Waals surface area contributed by atoms with Gasteiger partial charge < -0.3 is 19.4 Å². The molecule has 1 amide bonds. The van der Waals surface area contributed by atoms with E-state index in [0.717, 1.165) is 11.3 Å². The molecule has 0 radical (unpaired) electrons. The summed E-state index contributed by atoms with van der Waals surface area (Å²) < 4.78 is 37.7. The Kier molecular flexibility index (Phi) is 8.64. The lowest BCUT2D eigenvalue weighted by molar-refractivity contribution is -0.116. The van der Waals surface area contributed by atoms with E-state index in [4.69, 9.17) is 9.15 Å². The summed E-state index contributed by atoms with van der Waals surface area (Å²) in [5.74, 6) is 1.06. The van der Waals surface area contributed by atoms with Crippen molar-refractivity contribution in [3.63, 3.8) is 0 Å².